The smallest absolute Gasteiger partial charge is 0.274 e. The molecule has 0 aromatic carbocycles. The lowest BCUT2D eigenvalue weighted by Crippen LogP contribution is -2.53. The Kier molecular flexibility index (Phi) is 5.40. The highest BCUT2D eigenvalue weighted by Gasteiger charge is 2.33. The molecule has 0 spiro atoms. The number of likely N-dealkylation sites (tertiary alicyclic amines) is 1. The Balaban J connectivity index is 1.59. The van der Waals surface area contributed by atoms with Crippen molar-refractivity contribution in [3.8, 4) is 0 Å². The first-order valence-corrected chi connectivity index (χ1v) is 8.75. The summed E-state index contributed by atoms with van der Waals surface area (Å²) in [5.74, 6) is -0.0219. The number of piperidine rings is 1. The van der Waals surface area contributed by atoms with E-state index >= 15 is 0 Å². The molecule has 2 saturated heterocycles. The average Bonchev–Trinajstić information content (AvgIpc) is 2.67. The summed E-state index contributed by atoms with van der Waals surface area (Å²) in [6.07, 6.45) is 6.27. The lowest BCUT2D eigenvalue weighted by atomic mass is 9.96. The van der Waals surface area contributed by atoms with Crippen LogP contribution in [0.2, 0.25) is 0 Å². The number of nitrogens with zero attached hydrogens (tertiary/aromatic N) is 5. The van der Waals surface area contributed by atoms with Gasteiger partial charge in [0, 0.05) is 51.7 Å². The van der Waals surface area contributed by atoms with Gasteiger partial charge in [0.05, 0.1) is 12.1 Å². The molecule has 3 heterocycles. The molecule has 7 heteroatoms. The summed E-state index contributed by atoms with van der Waals surface area (Å²) in [7, 11) is 0. The third-order valence-electron chi connectivity index (χ3n) is 4.97. The zero-order valence-electron chi connectivity index (χ0n) is 14.2. The van der Waals surface area contributed by atoms with E-state index in [2.05, 4.69) is 21.8 Å². The summed E-state index contributed by atoms with van der Waals surface area (Å²) in [5.41, 5.74) is 0.349. The van der Waals surface area contributed by atoms with Crippen molar-refractivity contribution in [2.24, 2.45) is 5.92 Å². The van der Waals surface area contributed by atoms with Gasteiger partial charge in [0.1, 0.15) is 5.69 Å². The van der Waals surface area contributed by atoms with Crippen LogP contribution in [0.25, 0.3) is 0 Å². The van der Waals surface area contributed by atoms with Gasteiger partial charge in [-0.1, -0.05) is 6.92 Å². The standard InChI is InChI=1S/C17H25N5O2/c1-2-20-8-10-21(11-9-20)16(23)14-4-3-7-22(13-14)17(24)15-12-18-5-6-19-15/h5-6,12,14H,2-4,7-11,13H2,1H3/t14-/m1/s1. The molecular weight excluding hydrogens is 306 g/mol. The summed E-state index contributed by atoms with van der Waals surface area (Å²) >= 11 is 0. The van der Waals surface area contributed by atoms with Gasteiger partial charge in [-0.25, -0.2) is 4.98 Å². The topological polar surface area (TPSA) is 69.6 Å². The monoisotopic (exact) mass is 331 g/mol. The molecule has 0 aliphatic carbocycles. The molecule has 2 aliphatic rings. The van der Waals surface area contributed by atoms with Crippen molar-refractivity contribution < 1.29 is 9.59 Å². The molecule has 0 unspecified atom stereocenters. The molecule has 3 rings (SSSR count). The van der Waals surface area contributed by atoms with E-state index in [1.54, 1.807) is 11.1 Å². The van der Waals surface area contributed by atoms with E-state index in [9.17, 15) is 9.59 Å². The van der Waals surface area contributed by atoms with Crippen LogP contribution < -0.4 is 0 Å². The Bertz CT molecular complexity index is 572. The summed E-state index contributed by atoms with van der Waals surface area (Å²) in [6, 6.07) is 0. The molecule has 7 nitrogen and oxygen atoms in total. The van der Waals surface area contributed by atoms with Crippen LogP contribution in [0.5, 0.6) is 0 Å². The number of piperazine rings is 1. The molecule has 1 atom stereocenters. The number of aromatic nitrogens is 2. The Morgan fingerprint density at radius 2 is 1.92 bits per heavy atom. The number of amides is 2. The molecule has 0 radical (unpaired) electrons. The molecule has 2 fully saturated rings. The number of carbonyl (C=O) groups excluding carboxylic acids is 2. The van der Waals surface area contributed by atoms with Gasteiger partial charge in [-0.2, -0.15) is 0 Å². The predicted octanol–water partition coefficient (Wildman–Crippen LogP) is 0.493. The number of likely N-dealkylation sites (N-methyl/N-ethyl adjacent to an activating group) is 1. The molecule has 2 amide bonds. The second-order valence-electron chi connectivity index (χ2n) is 6.44. The fraction of sp³-hybridized carbons (Fsp3) is 0.647. The number of hydrogen-bond donors (Lipinski definition) is 0. The van der Waals surface area contributed by atoms with Crippen LogP contribution in [0.4, 0.5) is 0 Å². The highest BCUT2D eigenvalue weighted by Crippen LogP contribution is 2.21. The minimum absolute atomic E-state index is 0.0902. The molecule has 130 valence electrons. The van der Waals surface area contributed by atoms with Crippen LogP contribution in [-0.2, 0) is 4.79 Å². The van der Waals surface area contributed by atoms with E-state index in [1.165, 1.54) is 12.4 Å². The van der Waals surface area contributed by atoms with Gasteiger partial charge in [-0.05, 0) is 19.4 Å². The van der Waals surface area contributed by atoms with Crippen molar-refractivity contribution >= 4 is 11.8 Å². The first-order chi connectivity index (χ1) is 11.7. The second-order valence-corrected chi connectivity index (χ2v) is 6.44. The third kappa shape index (κ3) is 3.72. The fourth-order valence-corrected chi connectivity index (χ4v) is 3.48. The molecule has 2 aliphatic heterocycles. The van der Waals surface area contributed by atoms with Crippen molar-refractivity contribution in [3.63, 3.8) is 0 Å². The van der Waals surface area contributed by atoms with Crippen LogP contribution in [0, 0.1) is 5.92 Å². The van der Waals surface area contributed by atoms with Gasteiger partial charge in [-0.3, -0.25) is 14.6 Å². The summed E-state index contributed by atoms with van der Waals surface area (Å²) in [5, 5.41) is 0. The first kappa shape index (κ1) is 16.8. The van der Waals surface area contributed by atoms with Crippen LogP contribution in [-0.4, -0.2) is 82.3 Å². The Labute approximate surface area is 142 Å². The highest BCUT2D eigenvalue weighted by molar-refractivity contribution is 5.92. The number of carbonyl (C=O) groups is 2. The van der Waals surface area contributed by atoms with E-state index in [4.69, 9.17) is 0 Å². The lowest BCUT2D eigenvalue weighted by Gasteiger charge is -2.38. The van der Waals surface area contributed by atoms with Crippen LogP contribution >= 0.6 is 0 Å². The molecule has 24 heavy (non-hydrogen) atoms. The van der Waals surface area contributed by atoms with E-state index in [0.29, 0.717) is 18.8 Å². The van der Waals surface area contributed by atoms with Crippen molar-refractivity contribution in [2.75, 3.05) is 45.8 Å². The summed E-state index contributed by atoms with van der Waals surface area (Å²) < 4.78 is 0. The molecule has 1 aromatic rings. The van der Waals surface area contributed by atoms with Crippen molar-refractivity contribution in [3.05, 3.63) is 24.3 Å². The summed E-state index contributed by atoms with van der Waals surface area (Å²) in [6.45, 7) is 7.82. The molecular formula is C17H25N5O2. The minimum atomic E-state index is -0.128. The largest absolute Gasteiger partial charge is 0.340 e. The van der Waals surface area contributed by atoms with E-state index in [0.717, 1.165) is 45.6 Å². The Morgan fingerprint density at radius 1 is 1.12 bits per heavy atom. The van der Waals surface area contributed by atoms with Gasteiger partial charge < -0.3 is 14.7 Å². The van der Waals surface area contributed by atoms with Gasteiger partial charge in [0.15, 0.2) is 0 Å². The zero-order valence-corrected chi connectivity index (χ0v) is 14.2. The summed E-state index contributed by atoms with van der Waals surface area (Å²) in [4.78, 5) is 39.4. The van der Waals surface area contributed by atoms with Crippen molar-refractivity contribution in [2.45, 2.75) is 19.8 Å². The quantitative estimate of drug-likeness (QED) is 0.806. The Morgan fingerprint density at radius 3 is 2.58 bits per heavy atom. The van der Waals surface area contributed by atoms with Crippen LogP contribution in [0.3, 0.4) is 0 Å². The van der Waals surface area contributed by atoms with E-state index in [1.807, 2.05) is 4.90 Å². The van der Waals surface area contributed by atoms with Gasteiger partial charge >= 0.3 is 0 Å². The van der Waals surface area contributed by atoms with Gasteiger partial charge in [-0.15, -0.1) is 0 Å². The van der Waals surface area contributed by atoms with E-state index in [-0.39, 0.29) is 17.7 Å². The normalized spacial score (nSPS) is 22.5. The molecule has 1 aromatic heterocycles. The maximum absolute atomic E-state index is 12.8. The highest BCUT2D eigenvalue weighted by atomic mass is 16.2. The first-order valence-electron chi connectivity index (χ1n) is 8.75. The maximum Gasteiger partial charge on any atom is 0.274 e. The van der Waals surface area contributed by atoms with Crippen LogP contribution in [0.15, 0.2) is 18.6 Å². The van der Waals surface area contributed by atoms with Gasteiger partial charge in [0.2, 0.25) is 5.91 Å². The predicted molar refractivity (Wildman–Crippen MR) is 89.4 cm³/mol. The minimum Gasteiger partial charge on any atom is -0.340 e. The van der Waals surface area contributed by atoms with Crippen LogP contribution in [0.1, 0.15) is 30.3 Å². The maximum atomic E-state index is 12.8. The molecule has 0 saturated carbocycles. The molecule has 0 bridgehead atoms. The zero-order chi connectivity index (χ0) is 16.9. The fourth-order valence-electron chi connectivity index (χ4n) is 3.48. The van der Waals surface area contributed by atoms with E-state index < -0.39 is 0 Å². The van der Waals surface area contributed by atoms with Gasteiger partial charge in [0.25, 0.3) is 5.91 Å². The third-order valence-corrected chi connectivity index (χ3v) is 4.97. The second kappa shape index (κ2) is 7.70. The van der Waals surface area contributed by atoms with Crippen molar-refractivity contribution in [1.82, 2.24) is 24.7 Å². The Hall–Kier alpha value is -2.02. The van der Waals surface area contributed by atoms with Crippen molar-refractivity contribution in [1.29, 1.82) is 0 Å². The lowest BCUT2D eigenvalue weighted by molar-refractivity contribution is -0.138. The average molecular weight is 331 g/mol. The number of hydrogen-bond acceptors (Lipinski definition) is 5. The molecule has 0 N–H and O–H groups in total. The SMILES string of the molecule is CCN1CCN(C(=O)[C@@H]2CCCN(C(=O)c3cnccn3)C2)CC1. The number of rotatable bonds is 3.